The number of phenolic OH excluding ortho intramolecular Hbond substituents is 1. The lowest BCUT2D eigenvalue weighted by Crippen LogP contribution is -2.65. The molecule has 7 N–H and O–H groups in total. The molecule has 0 unspecified atom stereocenters. The Morgan fingerprint density at radius 2 is 1.75 bits per heavy atom. The van der Waals surface area contributed by atoms with E-state index in [0.29, 0.717) is 17.0 Å². The molecule has 13 nitrogen and oxygen atoms in total. The van der Waals surface area contributed by atoms with Gasteiger partial charge in [-0.05, 0) is 56.6 Å². The van der Waals surface area contributed by atoms with Crippen LogP contribution in [-0.4, -0.2) is 88.7 Å². The van der Waals surface area contributed by atoms with E-state index in [2.05, 4.69) is 5.32 Å². The zero-order valence-electron chi connectivity index (χ0n) is 24.6. The molecule has 2 aromatic carbocycles. The number of para-hydroxylation sites is 1. The number of benzene rings is 2. The largest absolute Gasteiger partial charge is 0.508 e. The normalized spacial score (nSPS) is 24.5. The molecule has 0 spiro atoms. The van der Waals surface area contributed by atoms with Crippen molar-refractivity contribution in [3.8, 4) is 11.5 Å². The van der Waals surface area contributed by atoms with Crippen LogP contribution in [0, 0.1) is 11.8 Å². The number of phenols is 1. The van der Waals surface area contributed by atoms with E-state index in [1.165, 1.54) is 4.90 Å². The second-order valence-electron chi connectivity index (χ2n) is 11.7. The summed E-state index contributed by atoms with van der Waals surface area (Å²) in [6, 6.07) is 8.85. The lowest BCUT2D eigenvalue weighted by molar-refractivity contribution is -0.153. The Balaban J connectivity index is 1.59. The smallest absolute Gasteiger partial charge is 0.412 e. The van der Waals surface area contributed by atoms with Gasteiger partial charge in [0.15, 0.2) is 11.4 Å². The fourth-order valence-electron chi connectivity index (χ4n) is 6.68. The molecule has 13 heteroatoms. The van der Waals surface area contributed by atoms with Crippen LogP contribution < -0.4 is 20.7 Å². The predicted molar refractivity (Wildman–Crippen MR) is 158 cm³/mol. The molecule has 4 atom stereocenters. The van der Waals surface area contributed by atoms with Crippen LogP contribution in [0.4, 0.5) is 10.5 Å². The molecule has 232 valence electrons. The molecular weight excluding hydrogens is 572 g/mol. The number of hydrogen-bond donors (Lipinski definition) is 6. The summed E-state index contributed by atoms with van der Waals surface area (Å²) in [5, 5.41) is 48.3. The summed E-state index contributed by atoms with van der Waals surface area (Å²) in [5.74, 6) is -6.95. The first-order valence-electron chi connectivity index (χ1n) is 13.9. The molecule has 3 aliphatic rings. The van der Waals surface area contributed by atoms with Gasteiger partial charge in [0.2, 0.25) is 5.78 Å². The number of amides is 2. The van der Waals surface area contributed by atoms with Crippen LogP contribution in [0.15, 0.2) is 53.3 Å². The van der Waals surface area contributed by atoms with E-state index in [1.54, 1.807) is 69.5 Å². The van der Waals surface area contributed by atoms with Gasteiger partial charge in [-0.3, -0.25) is 19.3 Å². The van der Waals surface area contributed by atoms with Gasteiger partial charge in [0.1, 0.15) is 28.6 Å². The molecule has 5 rings (SSSR count). The number of aromatic hydroxyl groups is 1. The first-order chi connectivity index (χ1) is 20.7. The summed E-state index contributed by atoms with van der Waals surface area (Å²) < 4.78 is 5.24. The highest BCUT2D eigenvalue weighted by molar-refractivity contribution is 6.24. The minimum absolute atomic E-state index is 0.0198. The number of nitrogens with two attached hydrogens (primary N) is 1. The number of carbonyl (C=O) groups excluding carboxylic acids is 4. The van der Waals surface area contributed by atoms with Gasteiger partial charge in [0.05, 0.1) is 11.6 Å². The number of ketones is 2. The zero-order chi connectivity index (χ0) is 32.2. The molecule has 0 heterocycles. The van der Waals surface area contributed by atoms with Gasteiger partial charge < -0.3 is 41.1 Å². The molecule has 0 aliphatic heterocycles. The summed E-state index contributed by atoms with van der Waals surface area (Å²) in [7, 11) is 6.59. The van der Waals surface area contributed by atoms with E-state index in [4.69, 9.17) is 10.5 Å². The standard InChI is InChI=1S/C31H34N4O9/c1-34(2)19-12-15(13-33-30(42)44-16-8-6-5-7-9-16)24(36)21-17(19)10-14-11-18-23(35(3)4)26(38)22(29(32)41)28(40)31(18,43)27(39)20(14)25(21)37/h5-9,12,14,18,23,36-37,40,43H,10-11,13H2,1-4H3,(H2,32,41)(H,33,42)/t14-,18-,23-,31-/m0/s1. The molecule has 1 fully saturated rings. The Morgan fingerprint density at radius 1 is 1.09 bits per heavy atom. The number of likely N-dealkylation sites (N-methyl/N-ethyl adjacent to an activating group) is 1. The average molecular weight is 607 g/mol. The number of ether oxygens (including phenoxy) is 1. The van der Waals surface area contributed by atoms with E-state index in [9.17, 15) is 39.6 Å². The van der Waals surface area contributed by atoms with Gasteiger partial charge in [-0.15, -0.1) is 0 Å². The van der Waals surface area contributed by atoms with E-state index in [-0.39, 0.29) is 36.1 Å². The summed E-state index contributed by atoms with van der Waals surface area (Å²) in [6.45, 7) is -0.199. The maximum atomic E-state index is 14.1. The number of rotatable bonds is 6. The summed E-state index contributed by atoms with van der Waals surface area (Å²) in [4.78, 5) is 55.2. The number of hydrogen-bond acceptors (Lipinski definition) is 11. The lowest BCUT2D eigenvalue weighted by atomic mass is 9.57. The van der Waals surface area contributed by atoms with Crippen molar-refractivity contribution in [2.75, 3.05) is 33.1 Å². The molecule has 1 saturated carbocycles. The van der Waals surface area contributed by atoms with Crippen molar-refractivity contribution in [2.24, 2.45) is 17.6 Å². The third kappa shape index (κ3) is 4.64. The second kappa shape index (κ2) is 11.0. The Bertz CT molecular complexity index is 1650. The number of anilines is 1. The zero-order valence-corrected chi connectivity index (χ0v) is 24.6. The highest BCUT2D eigenvalue weighted by Crippen LogP contribution is 2.54. The Hall–Kier alpha value is -4.88. The summed E-state index contributed by atoms with van der Waals surface area (Å²) in [6.07, 6.45) is -0.666. The molecular formula is C31H34N4O9. The summed E-state index contributed by atoms with van der Waals surface area (Å²) in [5.41, 5.74) is 2.75. The molecule has 2 amide bonds. The van der Waals surface area contributed by atoms with Crippen LogP contribution in [0.3, 0.4) is 0 Å². The van der Waals surface area contributed by atoms with Crippen LogP contribution in [0.5, 0.6) is 11.5 Å². The lowest BCUT2D eigenvalue weighted by Gasteiger charge is -2.50. The number of nitrogens with one attached hydrogen (secondary N) is 1. The predicted octanol–water partition coefficient (Wildman–Crippen LogP) is 1.32. The van der Waals surface area contributed by atoms with Crippen molar-refractivity contribution in [1.82, 2.24) is 10.2 Å². The summed E-state index contributed by atoms with van der Waals surface area (Å²) >= 11 is 0. The third-order valence-electron chi connectivity index (χ3n) is 8.63. The number of aliphatic hydroxyl groups excluding tert-OH is 2. The Morgan fingerprint density at radius 3 is 2.34 bits per heavy atom. The van der Waals surface area contributed by atoms with E-state index >= 15 is 0 Å². The van der Waals surface area contributed by atoms with Crippen LogP contribution in [0.2, 0.25) is 0 Å². The maximum Gasteiger partial charge on any atom is 0.412 e. The van der Waals surface area contributed by atoms with Crippen molar-refractivity contribution in [3.05, 3.63) is 70.0 Å². The van der Waals surface area contributed by atoms with Gasteiger partial charge in [-0.25, -0.2) is 4.79 Å². The number of fused-ring (bicyclic) bond motifs is 3. The molecule has 3 aliphatic carbocycles. The molecule has 0 radical (unpaired) electrons. The fraction of sp³-hybridized carbons (Fsp3) is 0.355. The van der Waals surface area contributed by atoms with Crippen molar-refractivity contribution >= 4 is 35.0 Å². The van der Waals surface area contributed by atoms with Crippen LogP contribution in [-0.2, 0) is 27.3 Å². The second-order valence-corrected chi connectivity index (χ2v) is 11.7. The minimum atomic E-state index is -2.73. The van der Waals surface area contributed by atoms with Crippen molar-refractivity contribution in [2.45, 2.75) is 31.0 Å². The van der Waals surface area contributed by atoms with Crippen molar-refractivity contribution in [1.29, 1.82) is 0 Å². The minimum Gasteiger partial charge on any atom is -0.508 e. The number of primary amides is 1. The van der Waals surface area contributed by atoms with E-state index < -0.39 is 69.9 Å². The van der Waals surface area contributed by atoms with Crippen molar-refractivity contribution in [3.63, 3.8) is 0 Å². The van der Waals surface area contributed by atoms with Gasteiger partial charge in [0.25, 0.3) is 5.91 Å². The fourth-order valence-corrected chi connectivity index (χ4v) is 6.68. The molecule has 0 aromatic heterocycles. The van der Waals surface area contributed by atoms with Crippen molar-refractivity contribution < 1.29 is 44.3 Å². The van der Waals surface area contributed by atoms with Gasteiger partial charge in [-0.2, -0.15) is 0 Å². The number of carbonyl (C=O) groups is 4. The highest BCUT2D eigenvalue weighted by atomic mass is 16.6. The first kappa shape index (κ1) is 30.6. The molecule has 0 saturated heterocycles. The van der Waals surface area contributed by atoms with Crippen LogP contribution >= 0.6 is 0 Å². The molecule has 44 heavy (non-hydrogen) atoms. The Kier molecular flexibility index (Phi) is 7.64. The van der Waals surface area contributed by atoms with Crippen LogP contribution in [0.1, 0.15) is 23.1 Å². The Labute approximate surface area is 252 Å². The molecule has 2 aromatic rings. The molecule has 0 bridgehead atoms. The number of Topliss-reactive ketones (excluding diaryl/α,β-unsaturated/α-hetero) is 2. The monoisotopic (exact) mass is 606 g/mol. The topological polar surface area (TPSA) is 203 Å². The van der Waals surface area contributed by atoms with E-state index in [0.717, 1.165) is 0 Å². The average Bonchev–Trinajstić information content (AvgIpc) is 2.94. The number of nitrogens with zero attached hydrogens (tertiary/aromatic N) is 2. The van der Waals surface area contributed by atoms with Crippen LogP contribution in [0.25, 0.3) is 5.76 Å². The maximum absolute atomic E-state index is 14.1. The van der Waals surface area contributed by atoms with Gasteiger partial charge >= 0.3 is 6.09 Å². The third-order valence-corrected chi connectivity index (χ3v) is 8.63. The van der Waals surface area contributed by atoms with Gasteiger partial charge in [0, 0.05) is 43.4 Å². The first-order valence-corrected chi connectivity index (χ1v) is 13.9. The SMILES string of the molecule is CN(C)c1cc(CNC(=O)Oc2ccccc2)c(O)c2c1C[C@H]1C[C@H]3[C@H](N(C)C)C(=O)C(C(N)=O)=C(O)[C@@]3(O)C(=O)C1=C2O. The van der Waals surface area contributed by atoms with E-state index in [1.807, 2.05) is 0 Å². The number of aliphatic hydroxyl groups is 3. The highest BCUT2D eigenvalue weighted by Gasteiger charge is 2.64. The quantitative estimate of drug-likeness (QED) is 0.259. The van der Waals surface area contributed by atoms with Gasteiger partial charge in [-0.1, -0.05) is 18.2 Å².